The zero-order chi connectivity index (χ0) is 7.40. The lowest BCUT2D eigenvalue weighted by molar-refractivity contribution is 0.253. The van der Waals surface area contributed by atoms with Gasteiger partial charge in [0.1, 0.15) is 12.4 Å². The van der Waals surface area contributed by atoms with Gasteiger partial charge < -0.3 is 4.74 Å². The molecule has 1 aliphatic rings. The molecule has 0 aromatic rings. The first kappa shape index (κ1) is 6.87. The summed E-state index contributed by atoms with van der Waals surface area (Å²) >= 11 is 0. The molecule has 1 heteroatoms. The lowest BCUT2D eigenvalue weighted by atomic mass is 10.2. The summed E-state index contributed by atoms with van der Waals surface area (Å²) in [6.07, 6.45) is 7.52. The topological polar surface area (TPSA) is 9.23 Å². The van der Waals surface area contributed by atoms with Crippen LogP contribution in [0.25, 0.3) is 0 Å². The summed E-state index contributed by atoms with van der Waals surface area (Å²) in [6, 6.07) is 0. The van der Waals surface area contributed by atoms with Gasteiger partial charge in [-0.2, -0.15) is 0 Å². The normalized spacial score (nSPS) is 20.8. The van der Waals surface area contributed by atoms with E-state index in [4.69, 9.17) is 4.74 Å². The van der Waals surface area contributed by atoms with Crippen LogP contribution >= 0.6 is 0 Å². The molecule has 1 aliphatic heterocycles. The molecule has 0 saturated heterocycles. The Balaban J connectivity index is 2.82. The minimum Gasteiger partial charge on any atom is -0.490 e. The first-order chi connectivity index (χ1) is 4.84. The fourth-order valence-corrected chi connectivity index (χ4v) is 0.776. The highest BCUT2D eigenvalue weighted by Crippen LogP contribution is 2.14. The van der Waals surface area contributed by atoms with Gasteiger partial charge in [-0.05, 0) is 6.08 Å². The fraction of sp³-hybridized carbons (Fsp3) is 0.111. The third-order valence-electron chi connectivity index (χ3n) is 1.27. The summed E-state index contributed by atoms with van der Waals surface area (Å²) in [5.41, 5.74) is 1.00. The van der Waals surface area contributed by atoms with Gasteiger partial charge in [0.15, 0.2) is 0 Å². The number of rotatable bonds is 1. The van der Waals surface area contributed by atoms with E-state index in [1.165, 1.54) is 0 Å². The Morgan fingerprint density at radius 1 is 1.60 bits per heavy atom. The summed E-state index contributed by atoms with van der Waals surface area (Å²) in [5, 5.41) is 0. The SMILES string of the molecule is C=C/C=C1/C=CCOC1=C. The van der Waals surface area contributed by atoms with Gasteiger partial charge in [-0.1, -0.05) is 31.4 Å². The van der Waals surface area contributed by atoms with Crippen molar-refractivity contribution in [1.82, 2.24) is 0 Å². The number of ether oxygens (including phenoxy) is 1. The summed E-state index contributed by atoms with van der Waals surface area (Å²) in [6.45, 7) is 7.94. The van der Waals surface area contributed by atoms with Crippen LogP contribution in [0.3, 0.4) is 0 Å². The van der Waals surface area contributed by atoms with Gasteiger partial charge in [-0.15, -0.1) is 0 Å². The van der Waals surface area contributed by atoms with E-state index in [1.807, 2.05) is 18.2 Å². The van der Waals surface area contributed by atoms with Crippen LogP contribution in [0, 0.1) is 0 Å². The van der Waals surface area contributed by atoms with Crippen molar-refractivity contribution >= 4 is 0 Å². The van der Waals surface area contributed by atoms with Crippen LogP contribution in [-0.2, 0) is 4.74 Å². The Morgan fingerprint density at radius 3 is 3.00 bits per heavy atom. The molecule has 1 rings (SSSR count). The van der Waals surface area contributed by atoms with Crippen molar-refractivity contribution in [1.29, 1.82) is 0 Å². The van der Waals surface area contributed by atoms with Crippen LogP contribution in [0.1, 0.15) is 0 Å². The lowest BCUT2D eigenvalue weighted by Gasteiger charge is -2.11. The Hall–Kier alpha value is -1.24. The second-order valence-electron chi connectivity index (χ2n) is 1.99. The van der Waals surface area contributed by atoms with Crippen LogP contribution in [0.5, 0.6) is 0 Å². The van der Waals surface area contributed by atoms with Gasteiger partial charge in [-0.3, -0.25) is 0 Å². The molecule has 0 fully saturated rings. The molecule has 0 saturated carbocycles. The Bertz CT molecular complexity index is 209. The molecule has 0 radical (unpaired) electrons. The van der Waals surface area contributed by atoms with E-state index < -0.39 is 0 Å². The molecule has 0 amide bonds. The predicted octanol–water partition coefficient (Wildman–Crippen LogP) is 2.20. The summed E-state index contributed by atoms with van der Waals surface area (Å²) in [7, 11) is 0. The molecule has 0 aromatic heterocycles. The molecule has 0 bridgehead atoms. The molecule has 10 heavy (non-hydrogen) atoms. The van der Waals surface area contributed by atoms with E-state index in [0.29, 0.717) is 6.61 Å². The van der Waals surface area contributed by atoms with Crippen LogP contribution in [-0.4, -0.2) is 6.61 Å². The molecule has 0 unspecified atom stereocenters. The minimum absolute atomic E-state index is 0.632. The van der Waals surface area contributed by atoms with Crippen molar-refractivity contribution in [2.75, 3.05) is 6.61 Å². The minimum atomic E-state index is 0.632. The summed E-state index contributed by atoms with van der Waals surface area (Å²) < 4.78 is 5.15. The smallest absolute Gasteiger partial charge is 0.119 e. The molecule has 1 nitrogen and oxygen atoms in total. The quantitative estimate of drug-likeness (QED) is 0.534. The zero-order valence-corrected chi connectivity index (χ0v) is 5.84. The van der Waals surface area contributed by atoms with Crippen molar-refractivity contribution in [3.05, 3.63) is 48.8 Å². The average Bonchev–Trinajstić information content (AvgIpc) is 1.94. The monoisotopic (exact) mass is 134 g/mol. The number of hydrogen-bond acceptors (Lipinski definition) is 1. The van der Waals surface area contributed by atoms with Crippen molar-refractivity contribution in [2.24, 2.45) is 0 Å². The van der Waals surface area contributed by atoms with E-state index in [-0.39, 0.29) is 0 Å². The van der Waals surface area contributed by atoms with Crippen molar-refractivity contribution in [2.45, 2.75) is 0 Å². The van der Waals surface area contributed by atoms with E-state index in [9.17, 15) is 0 Å². The van der Waals surface area contributed by atoms with E-state index in [0.717, 1.165) is 11.3 Å². The Labute approximate surface area is 61.0 Å². The summed E-state index contributed by atoms with van der Waals surface area (Å²) in [5.74, 6) is 0.724. The molecular formula is C9H10O. The molecule has 1 heterocycles. The molecule has 0 spiro atoms. The maximum absolute atomic E-state index is 5.15. The highest BCUT2D eigenvalue weighted by atomic mass is 16.5. The number of hydrogen-bond donors (Lipinski definition) is 0. The molecule has 0 atom stereocenters. The molecule has 0 aliphatic carbocycles. The maximum atomic E-state index is 5.15. The molecule has 52 valence electrons. The van der Waals surface area contributed by atoms with E-state index >= 15 is 0 Å². The second kappa shape index (κ2) is 3.06. The first-order valence-electron chi connectivity index (χ1n) is 3.16. The highest BCUT2D eigenvalue weighted by molar-refractivity contribution is 5.38. The van der Waals surface area contributed by atoms with Crippen molar-refractivity contribution in [3.63, 3.8) is 0 Å². The van der Waals surface area contributed by atoms with Gasteiger partial charge in [0, 0.05) is 5.57 Å². The van der Waals surface area contributed by atoms with Crippen molar-refractivity contribution in [3.8, 4) is 0 Å². The van der Waals surface area contributed by atoms with Gasteiger partial charge in [-0.25, -0.2) is 0 Å². The molecule has 0 N–H and O–H groups in total. The predicted molar refractivity (Wildman–Crippen MR) is 42.5 cm³/mol. The van der Waals surface area contributed by atoms with Crippen LogP contribution < -0.4 is 0 Å². The molecular weight excluding hydrogens is 124 g/mol. The largest absolute Gasteiger partial charge is 0.490 e. The summed E-state index contributed by atoms with van der Waals surface area (Å²) in [4.78, 5) is 0. The van der Waals surface area contributed by atoms with E-state index in [2.05, 4.69) is 13.2 Å². The van der Waals surface area contributed by atoms with Crippen LogP contribution in [0.15, 0.2) is 48.8 Å². The fourth-order valence-electron chi connectivity index (χ4n) is 0.776. The second-order valence-corrected chi connectivity index (χ2v) is 1.99. The lowest BCUT2D eigenvalue weighted by Crippen LogP contribution is -1.98. The Kier molecular flexibility index (Phi) is 2.11. The third kappa shape index (κ3) is 1.38. The van der Waals surface area contributed by atoms with Gasteiger partial charge in [0.2, 0.25) is 0 Å². The van der Waals surface area contributed by atoms with E-state index in [1.54, 1.807) is 6.08 Å². The van der Waals surface area contributed by atoms with Gasteiger partial charge in [0.05, 0.1) is 0 Å². The van der Waals surface area contributed by atoms with Crippen LogP contribution in [0.2, 0.25) is 0 Å². The first-order valence-corrected chi connectivity index (χ1v) is 3.16. The van der Waals surface area contributed by atoms with Gasteiger partial charge >= 0.3 is 0 Å². The average molecular weight is 134 g/mol. The third-order valence-corrected chi connectivity index (χ3v) is 1.27. The maximum Gasteiger partial charge on any atom is 0.119 e. The Morgan fingerprint density at radius 2 is 2.40 bits per heavy atom. The van der Waals surface area contributed by atoms with Crippen molar-refractivity contribution < 1.29 is 4.74 Å². The standard InChI is InChI=1S/C9H10O/c1-3-5-9-6-4-7-10-8(9)2/h3-6H,1-2,7H2/b9-5-. The zero-order valence-electron chi connectivity index (χ0n) is 5.84. The number of allylic oxidation sites excluding steroid dienone is 3. The van der Waals surface area contributed by atoms with Gasteiger partial charge in [0.25, 0.3) is 0 Å². The highest BCUT2D eigenvalue weighted by Gasteiger charge is 2.01. The molecule has 0 aromatic carbocycles. The van der Waals surface area contributed by atoms with Crippen LogP contribution in [0.4, 0.5) is 0 Å².